The van der Waals surface area contributed by atoms with Crippen molar-refractivity contribution < 1.29 is 19.2 Å². The third-order valence-corrected chi connectivity index (χ3v) is 4.70. The Balaban J connectivity index is 1.71. The maximum absolute atomic E-state index is 12.4. The van der Waals surface area contributed by atoms with Crippen molar-refractivity contribution in [2.24, 2.45) is 0 Å². The van der Waals surface area contributed by atoms with Crippen LogP contribution < -0.4 is 15.5 Å². The van der Waals surface area contributed by atoms with Crippen molar-refractivity contribution in [1.29, 1.82) is 10.5 Å². The minimum absolute atomic E-state index is 0.166. The molecule has 140 valence electrons. The number of fused-ring (bicyclic) bond motifs is 1. The van der Waals surface area contributed by atoms with Crippen molar-refractivity contribution in [3.8, 4) is 17.9 Å². The average molecular weight is 396 g/mol. The standard InChI is InChI=1S/C19H15BClN3O4/c1-19(10-23,24-18(25)13-4-2-12(8-22)3-5-13)11-27-15-7-6-14-9-28-20(26)16(14)17(15)21/h2-7,26H,9,11H2,1H3,(H,24,25)/t19-/m0/s1. The van der Waals surface area contributed by atoms with Gasteiger partial charge in [-0.15, -0.1) is 0 Å². The molecule has 1 amide bonds. The Morgan fingerprint density at radius 3 is 2.71 bits per heavy atom. The second-order valence-corrected chi connectivity index (χ2v) is 6.87. The molecule has 2 aromatic rings. The Morgan fingerprint density at radius 2 is 2.07 bits per heavy atom. The lowest BCUT2D eigenvalue weighted by Gasteiger charge is -2.24. The molecule has 0 saturated carbocycles. The molecule has 7 nitrogen and oxygen atoms in total. The third kappa shape index (κ3) is 3.95. The molecule has 3 rings (SSSR count). The van der Waals surface area contributed by atoms with Gasteiger partial charge >= 0.3 is 7.12 Å². The second-order valence-electron chi connectivity index (χ2n) is 6.49. The average Bonchev–Trinajstić information content (AvgIpc) is 3.09. The van der Waals surface area contributed by atoms with Gasteiger partial charge in [0.05, 0.1) is 29.3 Å². The summed E-state index contributed by atoms with van der Waals surface area (Å²) in [6, 6.07) is 13.4. The van der Waals surface area contributed by atoms with Gasteiger partial charge in [-0.25, -0.2) is 0 Å². The Hall–Kier alpha value is -3.04. The van der Waals surface area contributed by atoms with Crippen LogP contribution in [0.4, 0.5) is 0 Å². The molecule has 0 saturated heterocycles. The van der Waals surface area contributed by atoms with E-state index in [9.17, 15) is 15.1 Å². The van der Waals surface area contributed by atoms with Crippen LogP contribution in [-0.2, 0) is 11.3 Å². The van der Waals surface area contributed by atoms with Crippen LogP contribution >= 0.6 is 11.6 Å². The second kappa shape index (κ2) is 7.91. The van der Waals surface area contributed by atoms with Crippen molar-refractivity contribution in [1.82, 2.24) is 5.32 Å². The first-order valence-electron chi connectivity index (χ1n) is 8.34. The molecule has 0 unspecified atom stereocenters. The number of halogens is 1. The summed E-state index contributed by atoms with van der Waals surface area (Å²) in [6.45, 7) is 1.61. The number of nitrogens with zero attached hydrogens (tertiary/aromatic N) is 2. The molecule has 0 radical (unpaired) electrons. The van der Waals surface area contributed by atoms with E-state index in [1.807, 2.05) is 12.1 Å². The van der Waals surface area contributed by atoms with Crippen LogP contribution in [0, 0.1) is 22.7 Å². The molecule has 0 fully saturated rings. The highest BCUT2D eigenvalue weighted by atomic mass is 35.5. The van der Waals surface area contributed by atoms with Crippen LogP contribution in [0.25, 0.3) is 0 Å². The fraction of sp³-hybridized carbons (Fsp3) is 0.211. The first kappa shape index (κ1) is 19.7. The van der Waals surface area contributed by atoms with Crippen LogP contribution in [0.5, 0.6) is 5.75 Å². The van der Waals surface area contributed by atoms with E-state index < -0.39 is 18.6 Å². The fourth-order valence-corrected chi connectivity index (χ4v) is 3.04. The largest absolute Gasteiger partial charge is 0.493 e. The number of benzene rings is 2. The van der Waals surface area contributed by atoms with Gasteiger partial charge in [0.1, 0.15) is 12.4 Å². The molecule has 1 heterocycles. The summed E-state index contributed by atoms with van der Waals surface area (Å²) in [7, 11) is -1.12. The van der Waals surface area contributed by atoms with Gasteiger partial charge in [0.15, 0.2) is 5.54 Å². The van der Waals surface area contributed by atoms with Crippen molar-refractivity contribution >= 4 is 30.1 Å². The topological polar surface area (TPSA) is 115 Å². The molecule has 28 heavy (non-hydrogen) atoms. The van der Waals surface area contributed by atoms with E-state index in [0.717, 1.165) is 5.56 Å². The van der Waals surface area contributed by atoms with Gasteiger partial charge in [0, 0.05) is 11.0 Å². The highest BCUT2D eigenvalue weighted by molar-refractivity contribution is 6.65. The predicted molar refractivity (Wildman–Crippen MR) is 102 cm³/mol. The smallest absolute Gasteiger partial charge is 0.488 e. The Morgan fingerprint density at radius 1 is 1.36 bits per heavy atom. The number of nitrogens with one attached hydrogen (secondary N) is 1. The highest BCUT2D eigenvalue weighted by Crippen LogP contribution is 2.28. The minimum Gasteiger partial charge on any atom is -0.488 e. The van der Waals surface area contributed by atoms with E-state index in [0.29, 0.717) is 16.6 Å². The number of amides is 1. The molecule has 0 bridgehead atoms. The fourth-order valence-electron chi connectivity index (χ4n) is 2.71. The third-order valence-electron chi connectivity index (χ3n) is 4.31. The molecular formula is C19H15BClN3O4. The summed E-state index contributed by atoms with van der Waals surface area (Å²) < 4.78 is 10.8. The predicted octanol–water partition coefficient (Wildman–Crippen LogP) is 1.52. The first-order chi connectivity index (χ1) is 13.4. The summed E-state index contributed by atoms with van der Waals surface area (Å²) in [6.07, 6.45) is 0. The van der Waals surface area contributed by atoms with Gasteiger partial charge in [-0.05, 0) is 42.8 Å². The van der Waals surface area contributed by atoms with E-state index in [-0.39, 0.29) is 24.0 Å². The molecule has 1 aliphatic rings. The van der Waals surface area contributed by atoms with Crippen LogP contribution in [0.2, 0.25) is 5.02 Å². The quantitative estimate of drug-likeness (QED) is 0.742. The lowest BCUT2D eigenvalue weighted by atomic mass is 9.79. The molecule has 0 aliphatic carbocycles. The SMILES string of the molecule is C[C@](C#N)(COc1ccc2c(c1Cl)B(O)OC2)NC(=O)c1ccc(C#N)cc1. The van der Waals surface area contributed by atoms with Gasteiger partial charge < -0.3 is 19.7 Å². The lowest BCUT2D eigenvalue weighted by Crippen LogP contribution is -2.49. The van der Waals surface area contributed by atoms with Crippen LogP contribution in [0.3, 0.4) is 0 Å². The van der Waals surface area contributed by atoms with E-state index in [4.69, 9.17) is 26.3 Å². The lowest BCUT2D eigenvalue weighted by molar-refractivity contribution is 0.0901. The Kier molecular flexibility index (Phi) is 5.57. The molecular weight excluding hydrogens is 380 g/mol. The zero-order valence-corrected chi connectivity index (χ0v) is 15.7. The van der Waals surface area contributed by atoms with Gasteiger partial charge in [-0.1, -0.05) is 17.7 Å². The van der Waals surface area contributed by atoms with Gasteiger partial charge in [0.2, 0.25) is 0 Å². The normalized spacial score (nSPS) is 14.4. The van der Waals surface area contributed by atoms with Gasteiger partial charge in [-0.2, -0.15) is 10.5 Å². The number of ether oxygens (including phenoxy) is 1. The molecule has 2 N–H and O–H groups in total. The summed E-state index contributed by atoms with van der Waals surface area (Å²) in [4.78, 5) is 12.4. The Labute approximate surface area is 167 Å². The number of rotatable bonds is 5. The van der Waals surface area contributed by atoms with Gasteiger partial charge in [-0.3, -0.25) is 4.79 Å². The molecule has 2 aromatic carbocycles. The van der Waals surface area contributed by atoms with E-state index in [1.54, 1.807) is 12.1 Å². The number of hydrogen-bond acceptors (Lipinski definition) is 6. The summed E-state index contributed by atoms with van der Waals surface area (Å²) in [5.41, 5.74) is 0.626. The van der Waals surface area contributed by atoms with Crippen LogP contribution in [0.15, 0.2) is 36.4 Å². The van der Waals surface area contributed by atoms with E-state index in [1.165, 1.54) is 31.2 Å². The maximum atomic E-state index is 12.4. The van der Waals surface area contributed by atoms with Crippen LogP contribution in [0.1, 0.15) is 28.4 Å². The van der Waals surface area contributed by atoms with Crippen molar-refractivity contribution in [2.45, 2.75) is 19.1 Å². The molecule has 0 spiro atoms. The van der Waals surface area contributed by atoms with Crippen molar-refractivity contribution in [2.75, 3.05) is 6.61 Å². The van der Waals surface area contributed by atoms with Crippen molar-refractivity contribution in [3.05, 3.63) is 58.1 Å². The van der Waals surface area contributed by atoms with Crippen LogP contribution in [-0.4, -0.2) is 30.2 Å². The Bertz CT molecular complexity index is 1000. The zero-order valence-electron chi connectivity index (χ0n) is 14.9. The molecule has 9 heteroatoms. The minimum atomic E-state index is -1.33. The molecule has 1 aliphatic heterocycles. The van der Waals surface area contributed by atoms with E-state index >= 15 is 0 Å². The van der Waals surface area contributed by atoms with Gasteiger partial charge in [0.25, 0.3) is 5.91 Å². The zero-order chi connectivity index (χ0) is 20.3. The van der Waals surface area contributed by atoms with Crippen molar-refractivity contribution in [3.63, 3.8) is 0 Å². The highest BCUT2D eigenvalue weighted by Gasteiger charge is 2.33. The molecule has 1 atom stereocenters. The summed E-state index contributed by atoms with van der Waals surface area (Å²) >= 11 is 6.29. The summed E-state index contributed by atoms with van der Waals surface area (Å²) in [5.74, 6) is -0.194. The number of hydrogen-bond donors (Lipinski definition) is 2. The molecule has 0 aromatic heterocycles. The number of carbonyl (C=O) groups is 1. The maximum Gasteiger partial charge on any atom is 0.493 e. The summed E-state index contributed by atoms with van der Waals surface area (Å²) in [5, 5.41) is 31.0. The first-order valence-corrected chi connectivity index (χ1v) is 8.72. The van der Waals surface area contributed by atoms with E-state index in [2.05, 4.69) is 5.32 Å². The number of carbonyl (C=O) groups excluding carboxylic acids is 1. The monoisotopic (exact) mass is 395 g/mol. The number of nitriles is 2.